The Bertz CT molecular complexity index is 673. The number of benzene rings is 1. The molecule has 23 heavy (non-hydrogen) atoms. The van der Waals surface area contributed by atoms with E-state index in [1.807, 2.05) is 12.1 Å². The van der Waals surface area contributed by atoms with Gasteiger partial charge < -0.3 is 14.8 Å². The van der Waals surface area contributed by atoms with Gasteiger partial charge in [0, 0.05) is 18.6 Å². The number of hydrogen-bond donors (Lipinski definition) is 1. The third kappa shape index (κ3) is 2.89. The molecule has 1 amide bonds. The van der Waals surface area contributed by atoms with Gasteiger partial charge >= 0.3 is 0 Å². The molecule has 1 saturated carbocycles. The highest BCUT2D eigenvalue weighted by Crippen LogP contribution is 2.38. The van der Waals surface area contributed by atoms with Gasteiger partial charge in [0.15, 0.2) is 6.61 Å². The number of nitrogens with one attached hydrogen (secondary N) is 1. The average molecular weight is 315 g/mol. The number of nitrogens with zero attached hydrogens (tertiary/aromatic N) is 4. The number of carbonyl (C=O) groups excluding carboxylic acids is 1. The molecule has 2 heterocycles. The second-order valence-electron chi connectivity index (χ2n) is 5.81. The SMILES string of the molecule is O=C(COc1ccc(-n2cnnn2)cc1)N[C@@H]1C[C@H]2OCC[C@@H]12. The fraction of sp³-hybridized carbons (Fsp3) is 0.467. The lowest BCUT2D eigenvalue weighted by Gasteiger charge is -2.39. The van der Waals surface area contributed by atoms with E-state index in [1.54, 1.807) is 16.8 Å². The summed E-state index contributed by atoms with van der Waals surface area (Å²) in [7, 11) is 0. The van der Waals surface area contributed by atoms with Crippen molar-refractivity contribution in [3.63, 3.8) is 0 Å². The van der Waals surface area contributed by atoms with Gasteiger partial charge in [0.25, 0.3) is 5.91 Å². The van der Waals surface area contributed by atoms with Gasteiger partial charge in [0.1, 0.15) is 12.1 Å². The van der Waals surface area contributed by atoms with Crippen molar-refractivity contribution in [1.82, 2.24) is 25.5 Å². The lowest BCUT2D eigenvalue weighted by molar-refractivity contribution is -0.126. The molecular weight excluding hydrogens is 298 g/mol. The number of fused-ring (bicyclic) bond motifs is 1. The Morgan fingerprint density at radius 1 is 1.39 bits per heavy atom. The fourth-order valence-electron chi connectivity index (χ4n) is 3.14. The van der Waals surface area contributed by atoms with E-state index < -0.39 is 0 Å². The molecule has 0 unspecified atom stereocenters. The number of amides is 1. The molecule has 0 radical (unpaired) electrons. The van der Waals surface area contributed by atoms with Crippen LogP contribution in [0.2, 0.25) is 0 Å². The maximum Gasteiger partial charge on any atom is 0.258 e. The molecule has 2 fully saturated rings. The molecule has 4 rings (SSSR count). The first kappa shape index (κ1) is 14.1. The van der Waals surface area contributed by atoms with Crippen LogP contribution in [-0.2, 0) is 9.53 Å². The normalized spacial score (nSPS) is 25.5. The van der Waals surface area contributed by atoms with Crippen LogP contribution in [-0.4, -0.2) is 51.5 Å². The molecule has 1 saturated heterocycles. The van der Waals surface area contributed by atoms with E-state index >= 15 is 0 Å². The van der Waals surface area contributed by atoms with Crippen LogP contribution in [0, 0.1) is 5.92 Å². The minimum atomic E-state index is -0.0927. The van der Waals surface area contributed by atoms with Crippen molar-refractivity contribution in [3.05, 3.63) is 30.6 Å². The maximum absolute atomic E-state index is 12.0. The maximum atomic E-state index is 12.0. The van der Waals surface area contributed by atoms with Crippen LogP contribution in [0.15, 0.2) is 30.6 Å². The zero-order valence-corrected chi connectivity index (χ0v) is 12.5. The minimum Gasteiger partial charge on any atom is -0.484 e. The van der Waals surface area contributed by atoms with E-state index in [0.29, 0.717) is 17.8 Å². The summed E-state index contributed by atoms with van der Waals surface area (Å²) in [6.07, 6.45) is 3.81. The Kier molecular flexibility index (Phi) is 3.66. The third-order valence-electron chi connectivity index (χ3n) is 4.43. The summed E-state index contributed by atoms with van der Waals surface area (Å²) >= 11 is 0. The van der Waals surface area contributed by atoms with Crippen LogP contribution in [0.1, 0.15) is 12.8 Å². The van der Waals surface area contributed by atoms with E-state index in [0.717, 1.165) is 25.1 Å². The zero-order valence-electron chi connectivity index (χ0n) is 12.5. The monoisotopic (exact) mass is 315 g/mol. The Labute approximate surface area is 132 Å². The minimum absolute atomic E-state index is 0.0129. The van der Waals surface area contributed by atoms with Gasteiger partial charge in [-0.05, 0) is 47.5 Å². The molecule has 3 atom stereocenters. The first-order valence-electron chi connectivity index (χ1n) is 7.67. The predicted octanol–water partition coefficient (Wildman–Crippen LogP) is 0.335. The van der Waals surface area contributed by atoms with Crippen LogP contribution in [0.3, 0.4) is 0 Å². The van der Waals surface area contributed by atoms with E-state index in [9.17, 15) is 4.79 Å². The number of carbonyl (C=O) groups is 1. The zero-order chi connectivity index (χ0) is 15.6. The Morgan fingerprint density at radius 3 is 3.00 bits per heavy atom. The van der Waals surface area contributed by atoms with Crippen molar-refractivity contribution < 1.29 is 14.3 Å². The predicted molar refractivity (Wildman–Crippen MR) is 79.0 cm³/mol. The Morgan fingerprint density at radius 2 is 2.26 bits per heavy atom. The highest BCUT2D eigenvalue weighted by molar-refractivity contribution is 5.78. The molecule has 2 aromatic rings. The fourth-order valence-corrected chi connectivity index (χ4v) is 3.14. The number of ether oxygens (including phenoxy) is 2. The third-order valence-corrected chi connectivity index (χ3v) is 4.43. The molecule has 1 N–H and O–H groups in total. The van der Waals surface area contributed by atoms with Crippen molar-refractivity contribution in [1.29, 1.82) is 0 Å². The van der Waals surface area contributed by atoms with Crippen molar-refractivity contribution in [2.45, 2.75) is 25.0 Å². The molecule has 1 aliphatic carbocycles. The quantitative estimate of drug-likeness (QED) is 0.855. The standard InChI is InChI=1S/C15H17N5O3/c21-15(17-13-7-14-12(13)5-6-22-14)8-23-11-3-1-10(2-4-11)20-9-16-18-19-20/h1-4,9,12-14H,5-8H2,(H,17,21)/t12-,13+,14+/m0/s1. The Hall–Kier alpha value is -2.48. The highest BCUT2D eigenvalue weighted by Gasteiger charge is 2.45. The molecule has 1 aliphatic heterocycles. The Balaban J connectivity index is 1.26. The van der Waals surface area contributed by atoms with Crippen molar-refractivity contribution >= 4 is 5.91 Å². The number of aromatic nitrogens is 4. The van der Waals surface area contributed by atoms with Gasteiger partial charge in [-0.15, -0.1) is 5.10 Å². The summed E-state index contributed by atoms with van der Waals surface area (Å²) in [5.41, 5.74) is 0.827. The van der Waals surface area contributed by atoms with Crippen molar-refractivity contribution in [3.8, 4) is 11.4 Å². The molecule has 120 valence electrons. The lowest BCUT2D eigenvalue weighted by atomic mass is 9.76. The van der Waals surface area contributed by atoms with Gasteiger partial charge in [-0.2, -0.15) is 0 Å². The van der Waals surface area contributed by atoms with Crippen molar-refractivity contribution in [2.75, 3.05) is 13.2 Å². The second-order valence-corrected chi connectivity index (χ2v) is 5.81. The summed E-state index contributed by atoms with van der Waals surface area (Å²) in [6, 6.07) is 7.47. The molecule has 8 heteroatoms. The van der Waals surface area contributed by atoms with Crippen LogP contribution < -0.4 is 10.1 Å². The second kappa shape index (κ2) is 5.96. The van der Waals surface area contributed by atoms with E-state index in [1.165, 1.54) is 6.33 Å². The average Bonchev–Trinajstić information content (AvgIpc) is 3.21. The summed E-state index contributed by atoms with van der Waals surface area (Å²) < 4.78 is 12.6. The largest absolute Gasteiger partial charge is 0.484 e. The topological polar surface area (TPSA) is 91.2 Å². The molecule has 0 bridgehead atoms. The summed E-state index contributed by atoms with van der Waals surface area (Å²) in [6.45, 7) is 0.824. The van der Waals surface area contributed by atoms with Crippen LogP contribution in [0.4, 0.5) is 0 Å². The first-order chi connectivity index (χ1) is 11.3. The highest BCUT2D eigenvalue weighted by atomic mass is 16.5. The molecular formula is C15H17N5O3. The first-order valence-corrected chi connectivity index (χ1v) is 7.67. The summed E-state index contributed by atoms with van der Waals surface area (Å²) in [5.74, 6) is 1.02. The van der Waals surface area contributed by atoms with E-state index in [4.69, 9.17) is 9.47 Å². The van der Waals surface area contributed by atoms with E-state index in [2.05, 4.69) is 20.8 Å². The molecule has 0 spiro atoms. The summed E-state index contributed by atoms with van der Waals surface area (Å²) in [4.78, 5) is 12.0. The van der Waals surface area contributed by atoms with Crippen molar-refractivity contribution in [2.24, 2.45) is 5.92 Å². The number of hydrogen-bond acceptors (Lipinski definition) is 6. The van der Waals surface area contributed by atoms with Gasteiger partial charge in [0.05, 0.1) is 11.8 Å². The van der Waals surface area contributed by atoms with E-state index in [-0.39, 0.29) is 18.6 Å². The van der Waals surface area contributed by atoms with Crippen LogP contribution >= 0.6 is 0 Å². The van der Waals surface area contributed by atoms with Gasteiger partial charge in [-0.25, -0.2) is 4.68 Å². The number of rotatable bonds is 5. The van der Waals surface area contributed by atoms with Gasteiger partial charge in [-0.1, -0.05) is 0 Å². The van der Waals surface area contributed by atoms with Gasteiger partial charge in [0.2, 0.25) is 0 Å². The molecule has 1 aromatic heterocycles. The molecule has 1 aromatic carbocycles. The van der Waals surface area contributed by atoms with Crippen LogP contribution in [0.25, 0.3) is 5.69 Å². The molecule has 2 aliphatic rings. The molecule has 8 nitrogen and oxygen atoms in total. The summed E-state index contributed by atoms with van der Waals surface area (Å²) in [5, 5.41) is 14.0. The van der Waals surface area contributed by atoms with Gasteiger partial charge in [-0.3, -0.25) is 4.79 Å². The number of tetrazole rings is 1. The van der Waals surface area contributed by atoms with Crippen LogP contribution in [0.5, 0.6) is 5.75 Å². The smallest absolute Gasteiger partial charge is 0.258 e. The lowest BCUT2D eigenvalue weighted by Crippen LogP contribution is -2.54.